The zero-order chi connectivity index (χ0) is 49.8. The summed E-state index contributed by atoms with van der Waals surface area (Å²) in [6.45, 7) is 26.2. The van der Waals surface area contributed by atoms with E-state index >= 15 is 4.79 Å². The molecule has 3 rings (SSSR count). The molecule has 0 radical (unpaired) electrons. The lowest BCUT2D eigenvalue weighted by Crippen LogP contribution is -2.53. The van der Waals surface area contributed by atoms with E-state index in [-0.39, 0.29) is 59.7 Å². The molecule has 66 heavy (non-hydrogen) atoms. The van der Waals surface area contributed by atoms with E-state index in [0.29, 0.717) is 39.1 Å². The van der Waals surface area contributed by atoms with Gasteiger partial charge in [0.05, 0.1) is 48.6 Å². The number of rotatable bonds is 23. The van der Waals surface area contributed by atoms with Gasteiger partial charge in [0.25, 0.3) is 0 Å². The standard InChI is InChI=1S/C51H69NO14/c1-17-22-61-47-34(10)46(63-26-58-14)38(37-39(47)48(60-16)40(52)32(8)45(37)59-15)41(54)29(5)24-30(6)42(64-35(11)53)31(7)25-36(50(57)62-23-18-2)44-33(9)43(65-51(12,13)66-44)27(3)20-19-21-28(4)49(55)56/h17-21,24-25,27,30-31,33,42-44H,1-2,22-23,26,52H2,3-16H3,(H,55,56)/b20-19-,28-21+,29-24+,36-25+/t27-,30+,31+,33-,42+,43-,44-/m1/s1. The van der Waals surface area contributed by atoms with Gasteiger partial charge in [0, 0.05) is 59.8 Å². The Kier molecular flexibility index (Phi) is 19.8. The van der Waals surface area contributed by atoms with E-state index in [2.05, 4.69) is 13.2 Å². The zero-order valence-corrected chi connectivity index (χ0v) is 41.0. The van der Waals surface area contributed by atoms with Crippen molar-refractivity contribution in [1.29, 1.82) is 0 Å². The Morgan fingerprint density at radius 1 is 0.833 bits per heavy atom. The third-order valence-corrected chi connectivity index (χ3v) is 11.3. The Morgan fingerprint density at radius 2 is 1.45 bits per heavy atom. The summed E-state index contributed by atoms with van der Waals surface area (Å²) >= 11 is 0. The van der Waals surface area contributed by atoms with E-state index in [1.807, 2.05) is 19.9 Å². The van der Waals surface area contributed by atoms with E-state index < -0.39 is 65.5 Å². The molecule has 0 aromatic heterocycles. The number of hydrogen-bond acceptors (Lipinski definition) is 14. The van der Waals surface area contributed by atoms with Crippen LogP contribution in [0.1, 0.15) is 83.8 Å². The molecule has 0 aliphatic carbocycles. The number of nitrogens with two attached hydrogens (primary N) is 1. The largest absolute Gasteiger partial charge is 0.496 e. The van der Waals surface area contributed by atoms with Crippen molar-refractivity contribution in [2.45, 2.75) is 100 Å². The Balaban J connectivity index is 2.27. The molecule has 15 heteroatoms. The number of hydrogen-bond donors (Lipinski definition) is 2. The average molecular weight is 920 g/mol. The molecule has 1 aliphatic heterocycles. The summed E-state index contributed by atoms with van der Waals surface area (Å²) < 4.78 is 54.0. The van der Waals surface area contributed by atoms with E-state index in [4.69, 9.17) is 48.4 Å². The number of carboxylic acid groups (broad SMARTS) is 1. The molecular formula is C51H69NO14. The van der Waals surface area contributed by atoms with Crippen molar-refractivity contribution in [2.24, 2.45) is 23.7 Å². The predicted molar refractivity (Wildman–Crippen MR) is 253 cm³/mol. The summed E-state index contributed by atoms with van der Waals surface area (Å²) in [5, 5.41) is 10.0. The maximum absolute atomic E-state index is 15.1. The highest BCUT2D eigenvalue weighted by molar-refractivity contribution is 6.22. The number of nitrogen functional groups attached to an aromatic ring is 1. The number of fused-ring (bicyclic) bond motifs is 1. The molecule has 0 amide bonds. The van der Waals surface area contributed by atoms with Crippen molar-refractivity contribution in [3.63, 3.8) is 0 Å². The third-order valence-electron chi connectivity index (χ3n) is 11.3. The molecule has 2 aromatic carbocycles. The first-order valence-electron chi connectivity index (χ1n) is 21.7. The minimum absolute atomic E-state index is 0.0778. The monoisotopic (exact) mass is 919 g/mol. The summed E-state index contributed by atoms with van der Waals surface area (Å²) in [6.07, 6.45) is 9.17. The van der Waals surface area contributed by atoms with Gasteiger partial charge in [-0.3, -0.25) is 9.59 Å². The van der Waals surface area contributed by atoms with Crippen molar-refractivity contribution in [3.05, 3.63) is 89.1 Å². The third kappa shape index (κ3) is 12.7. The molecule has 362 valence electrons. The molecule has 0 bridgehead atoms. The van der Waals surface area contributed by atoms with Gasteiger partial charge in [0.2, 0.25) is 0 Å². The lowest BCUT2D eigenvalue weighted by molar-refractivity contribution is -0.316. The van der Waals surface area contributed by atoms with Gasteiger partial charge >= 0.3 is 17.9 Å². The van der Waals surface area contributed by atoms with Crippen molar-refractivity contribution >= 4 is 40.2 Å². The van der Waals surface area contributed by atoms with Crippen LogP contribution < -0.4 is 24.7 Å². The van der Waals surface area contributed by atoms with Gasteiger partial charge in [-0.15, -0.1) is 0 Å². The van der Waals surface area contributed by atoms with Crippen LogP contribution in [-0.4, -0.2) is 94.2 Å². The van der Waals surface area contributed by atoms with Crippen LogP contribution in [0.15, 0.2) is 72.4 Å². The molecule has 15 nitrogen and oxygen atoms in total. The maximum atomic E-state index is 15.1. The van der Waals surface area contributed by atoms with Crippen LogP contribution in [0.4, 0.5) is 5.69 Å². The van der Waals surface area contributed by atoms with Gasteiger partial charge < -0.3 is 53.5 Å². The number of benzene rings is 2. The fourth-order valence-electron chi connectivity index (χ4n) is 8.25. The number of aliphatic carboxylic acids is 1. The number of anilines is 1. The van der Waals surface area contributed by atoms with E-state index in [9.17, 15) is 19.5 Å². The van der Waals surface area contributed by atoms with Gasteiger partial charge in [-0.1, -0.05) is 83.4 Å². The van der Waals surface area contributed by atoms with Gasteiger partial charge in [-0.25, -0.2) is 9.59 Å². The predicted octanol–water partition coefficient (Wildman–Crippen LogP) is 8.97. The molecule has 0 unspecified atom stereocenters. The number of allylic oxidation sites excluding steroid dienone is 3. The first-order valence-corrected chi connectivity index (χ1v) is 21.7. The molecular weight excluding hydrogens is 851 g/mol. The first-order chi connectivity index (χ1) is 31.0. The normalized spacial score (nSPS) is 19.6. The van der Waals surface area contributed by atoms with Crippen LogP contribution in [0.2, 0.25) is 0 Å². The lowest BCUT2D eigenvalue weighted by atomic mass is 9.82. The molecule has 2 aromatic rings. The van der Waals surface area contributed by atoms with Gasteiger partial charge in [0.1, 0.15) is 36.6 Å². The van der Waals surface area contributed by atoms with Crippen LogP contribution in [-0.2, 0) is 38.1 Å². The Bertz CT molecular complexity index is 2270. The Hall–Kier alpha value is -5.90. The fraction of sp³-hybridized carbons (Fsp3) is 0.490. The second-order valence-corrected chi connectivity index (χ2v) is 16.9. The number of methoxy groups -OCH3 is 3. The van der Waals surface area contributed by atoms with Gasteiger partial charge in [-0.2, -0.15) is 0 Å². The van der Waals surface area contributed by atoms with Crippen molar-refractivity contribution in [2.75, 3.05) is 47.1 Å². The van der Waals surface area contributed by atoms with Crippen LogP contribution in [0.25, 0.3) is 10.8 Å². The summed E-state index contributed by atoms with van der Waals surface area (Å²) in [7, 11) is 4.41. The molecule has 0 spiro atoms. The molecule has 1 aliphatic rings. The molecule has 1 fully saturated rings. The minimum Gasteiger partial charge on any atom is -0.496 e. The van der Waals surface area contributed by atoms with Crippen LogP contribution in [0.3, 0.4) is 0 Å². The maximum Gasteiger partial charge on any atom is 0.336 e. The first kappa shape index (κ1) is 54.4. The molecule has 0 saturated carbocycles. The SMILES string of the molecule is C=CCOC(=O)/C(=C/[C@H](C)[C@@H](OC(C)=O)[C@@H](C)/C=C(\C)C(=O)c1c(OCOC)c(C)c(OCC=C)c2c(OC)c(N)c(C)c(OC)c12)[C@@H]1OC(C)(C)O[C@H]([C@H](C)/C=C\C=C(/C)C(=O)O)[C@H]1C. The number of carbonyl (C=O) groups is 4. The van der Waals surface area contributed by atoms with Crippen LogP contribution in [0.5, 0.6) is 23.0 Å². The van der Waals surface area contributed by atoms with Gasteiger partial charge in [0.15, 0.2) is 24.1 Å². The van der Waals surface area contributed by atoms with Crippen molar-refractivity contribution < 1.29 is 66.9 Å². The fourth-order valence-corrected chi connectivity index (χ4v) is 8.25. The number of esters is 2. The summed E-state index contributed by atoms with van der Waals surface area (Å²) in [5.41, 5.74) is 8.63. The quantitative estimate of drug-likeness (QED) is 0.0204. The Labute approximate surface area is 389 Å². The van der Waals surface area contributed by atoms with Gasteiger partial charge in [-0.05, 0) is 47.1 Å². The van der Waals surface area contributed by atoms with Crippen LogP contribution >= 0.6 is 0 Å². The molecule has 3 N–H and O–H groups in total. The number of carboxylic acids is 1. The summed E-state index contributed by atoms with van der Waals surface area (Å²) in [4.78, 5) is 53.3. The highest BCUT2D eigenvalue weighted by Gasteiger charge is 2.46. The second-order valence-electron chi connectivity index (χ2n) is 16.9. The average Bonchev–Trinajstić information content (AvgIpc) is 3.26. The summed E-state index contributed by atoms with van der Waals surface area (Å²) in [5.74, 6) is -4.76. The van der Waals surface area contributed by atoms with E-state index in [1.165, 1.54) is 47.3 Å². The topological polar surface area (TPSA) is 198 Å². The van der Waals surface area contributed by atoms with E-state index in [0.717, 1.165) is 0 Å². The lowest BCUT2D eigenvalue weighted by Gasteiger charge is -2.47. The summed E-state index contributed by atoms with van der Waals surface area (Å²) in [6, 6.07) is 0. The van der Waals surface area contributed by atoms with Crippen LogP contribution in [0, 0.1) is 37.5 Å². The number of ketones is 1. The Morgan fingerprint density at radius 3 is 2.02 bits per heavy atom. The highest BCUT2D eigenvalue weighted by Crippen LogP contribution is 2.53. The molecule has 1 saturated heterocycles. The number of carbonyl (C=O) groups excluding carboxylic acids is 3. The van der Waals surface area contributed by atoms with E-state index in [1.54, 1.807) is 72.8 Å². The van der Waals surface area contributed by atoms with Crippen molar-refractivity contribution in [1.82, 2.24) is 0 Å². The minimum atomic E-state index is -1.16. The number of ether oxygens (including phenoxy) is 9. The number of Topliss-reactive ketones (excluding diaryl/α,β-unsaturated/α-hetero) is 1. The molecule has 7 atom stereocenters. The zero-order valence-electron chi connectivity index (χ0n) is 41.0. The smallest absolute Gasteiger partial charge is 0.336 e. The highest BCUT2D eigenvalue weighted by atomic mass is 16.7. The second kappa shape index (κ2) is 24.0. The van der Waals surface area contributed by atoms with Crippen molar-refractivity contribution in [3.8, 4) is 23.0 Å². The molecule has 1 heterocycles.